The fourth-order valence-electron chi connectivity index (χ4n) is 1.40. The molecule has 0 atom stereocenters. The Labute approximate surface area is 100 Å². The summed E-state index contributed by atoms with van der Waals surface area (Å²) in [6.45, 7) is 1.64. The van der Waals surface area contributed by atoms with E-state index in [2.05, 4.69) is 5.92 Å². The molecule has 1 amide bonds. The van der Waals surface area contributed by atoms with Crippen LogP contribution in [0, 0.1) is 30.6 Å². The van der Waals surface area contributed by atoms with Crippen molar-refractivity contribution in [3.8, 4) is 24.2 Å². The first-order chi connectivity index (χ1) is 8.11. The second kappa shape index (κ2) is 5.58. The first-order valence-electron chi connectivity index (χ1n) is 5.00. The molecule has 0 saturated heterocycles. The number of aromatic hydroxyl groups is 1. The molecule has 4 heteroatoms. The number of carbonyl (C=O) groups is 1. The second-order valence-corrected chi connectivity index (χ2v) is 3.49. The monoisotopic (exact) mass is 228 g/mol. The van der Waals surface area contributed by atoms with Gasteiger partial charge in [-0.3, -0.25) is 4.79 Å². The lowest BCUT2D eigenvalue weighted by molar-refractivity contribution is 0.0792. The Bertz CT molecular complexity index is 493. The lowest BCUT2D eigenvalue weighted by Gasteiger charge is -2.17. The molecule has 0 aliphatic carbocycles. The average Bonchev–Trinajstić information content (AvgIpc) is 2.31. The van der Waals surface area contributed by atoms with Crippen molar-refractivity contribution in [3.05, 3.63) is 29.3 Å². The van der Waals surface area contributed by atoms with Gasteiger partial charge in [0.15, 0.2) is 0 Å². The van der Waals surface area contributed by atoms with Crippen molar-refractivity contribution < 1.29 is 9.90 Å². The predicted octanol–water partition coefficient (Wildman–Crippen LogP) is 1.30. The van der Waals surface area contributed by atoms with E-state index >= 15 is 0 Å². The van der Waals surface area contributed by atoms with Crippen molar-refractivity contribution in [2.75, 3.05) is 13.1 Å². The lowest BCUT2D eigenvalue weighted by Crippen LogP contribution is -2.31. The third-order valence-electron chi connectivity index (χ3n) is 2.30. The van der Waals surface area contributed by atoms with E-state index in [-0.39, 0.29) is 24.4 Å². The molecule has 86 valence electrons. The van der Waals surface area contributed by atoms with Crippen molar-refractivity contribution >= 4 is 5.91 Å². The van der Waals surface area contributed by atoms with Gasteiger partial charge in [0.05, 0.1) is 18.2 Å². The van der Waals surface area contributed by atoms with Crippen LogP contribution in [0.3, 0.4) is 0 Å². The molecule has 0 aromatic heterocycles. The van der Waals surface area contributed by atoms with Gasteiger partial charge in [-0.25, -0.2) is 0 Å². The number of hydrogen-bond donors (Lipinski definition) is 1. The van der Waals surface area contributed by atoms with Crippen LogP contribution >= 0.6 is 0 Å². The highest BCUT2D eigenvalue weighted by molar-refractivity contribution is 5.97. The van der Waals surface area contributed by atoms with E-state index in [4.69, 9.17) is 11.7 Å². The number of rotatable bonds is 3. The van der Waals surface area contributed by atoms with Gasteiger partial charge in [0.2, 0.25) is 0 Å². The van der Waals surface area contributed by atoms with Gasteiger partial charge in [-0.1, -0.05) is 18.1 Å². The second-order valence-electron chi connectivity index (χ2n) is 3.49. The summed E-state index contributed by atoms with van der Waals surface area (Å²) < 4.78 is 0. The number of nitriles is 1. The maximum Gasteiger partial charge on any atom is 0.259 e. The van der Waals surface area contributed by atoms with Gasteiger partial charge in [-0.05, 0) is 18.6 Å². The molecule has 17 heavy (non-hydrogen) atoms. The maximum atomic E-state index is 12.0. The van der Waals surface area contributed by atoms with Gasteiger partial charge in [0.1, 0.15) is 12.3 Å². The van der Waals surface area contributed by atoms with E-state index in [9.17, 15) is 9.90 Å². The maximum absolute atomic E-state index is 12.0. The normalized spacial score (nSPS) is 9.12. The van der Waals surface area contributed by atoms with Crippen molar-refractivity contribution in [2.45, 2.75) is 6.92 Å². The Hall–Kier alpha value is -2.46. The Kier molecular flexibility index (Phi) is 4.14. The van der Waals surface area contributed by atoms with Crippen molar-refractivity contribution in [3.63, 3.8) is 0 Å². The number of nitrogens with zero attached hydrogens (tertiary/aromatic N) is 2. The van der Waals surface area contributed by atoms with Crippen LogP contribution in [0.4, 0.5) is 0 Å². The Morgan fingerprint density at radius 2 is 2.24 bits per heavy atom. The zero-order chi connectivity index (χ0) is 12.8. The van der Waals surface area contributed by atoms with Crippen LogP contribution in [0.2, 0.25) is 0 Å². The van der Waals surface area contributed by atoms with E-state index in [1.807, 2.05) is 6.07 Å². The molecule has 1 aromatic rings. The zero-order valence-electron chi connectivity index (χ0n) is 9.47. The van der Waals surface area contributed by atoms with Gasteiger partial charge >= 0.3 is 0 Å². The van der Waals surface area contributed by atoms with Crippen LogP contribution < -0.4 is 0 Å². The highest BCUT2D eigenvalue weighted by Gasteiger charge is 2.18. The fourth-order valence-corrected chi connectivity index (χ4v) is 1.40. The van der Waals surface area contributed by atoms with Gasteiger partial charge in [-0.15, -0.1) is 6.42 Å². The summed E-state index contributed by atoms with van der Waals surface area (Å²) in [4.78, 5) is 13.2. The molecule has 0 heterocycles. The molecular weight excluding hydrogens is 216 g/mol. The van der Waals surface area contributed by atoms with Crippen LogP contribution in [-0.2, 0) is 0 Å². The molecule has 1 N–H and O–H groups in total. The summed E-state index contributed by atoms with van der Waals surface area (Å²) in [6, 6.07) is 6.74. The number of terminal acetylenes is 1. The van der Waals surface area contributed by atoms with Gasteiger partial charge in [0, 0.05) is 0 Å². The number of phenols is 1. The summed E-state index contributed by atoms with van der Waals surface area (Å²) >= 11 is 0. The highest BCUT2D eigenvalue weighted by Crippen LogP contribution is 2.22. The van der Waals surface area contributed by atoms with Crippen molar-refractivity contribution in [1.29, 1.82) is 5.26 Å². The molecular formula is C13H12N2O2. The Balaban J connectivity index is 3.07. The molecule has 0 saturated carbocycles. The Morgan fingerprint density at radius 1 is 1.53 bits per heavy atom. The van der Waals surface area contributed by atoms with Crippen LogP contribution in [-0.4, -0.2) is 29.0 Å². The molecule has 0 unspecified atom stereocenters. The summed E-state index contributed by atoms with van der Waals surface area (Å²) in [5.74, 6) is 1.80. The third kappa shape index (κ3) is 2.76. The molecule has 1 rings (SSSR count). The number of carbonyl (C=O) groups excluding carboxylic acids is 1. The van der Waals surface area contributed by atoms with E-state index in [0.29, 0.717) is 5.56 Å². The van der Waals surface area contributed by atoms with E-state index < -0.39 is 5.91 Å². The van der Waals surface area contributed by atoms with Gasteiger partial charge < -0.3 is 10.0 Å². The summed E-state index contributed by atoms with van der Waals surface area (Å²) in [5, 5.41) is 18.4. The SMILES string of the molecule is C#CCN(CC#N)C(=O)c1cccc(C)c1O. The molecule has 0 bridgehead atoms. The quantitative estimate of drug-likeness (QED) is 0.626. The standard InChI is InChI=1S/C13H12N2O2/c1-3-8-15(9-7-14)13(17)11-6-4-5-10(2)12(11)16/h1,4-6,16H,8-9H2,2H3. The predicted molar refractivity (Wildman–Crippen MR) is 63.2 cm³/mol. The summed E-state index contributed by atoms with van der Waals surface area (Å²) in [7, 11) is 0. The minimum atomic E-state index is -0.439. The van der Waals surface area contributed by atoms with Crippen LogP contribution in [0.1, 0.15) is 15.9 Å². The topological polar surface area (TPSA) is 64.3 Å². The molecule has 4 nitrogen and oxygen atoms in total. The number of para-hydroxylation sites is 1. The first kappa shape index (κ1) is 12.6. The molecule has 0 aliphatic rings. The first-order valence-corrected chi connectivity index (χ1v) is 5.00. The highest BCUT2D eigenvalue weighted by atomic mass is 16.3. The number of hydrogen-bond acceptors (Lipinski definition) is 3. The fraction of sp³-hybridized carbons (Fsp3) is 0.231. The number of aryl methyl sites for hydroxylation is 1. The molecule has 0 aliphatic heterocycles. The molecule has 0 spiro atoms. The van der Waals surface area contributed by atoms with Crippen LogP contribution in [0.15, 0.2) is 18.2 Å². The molecule has 0 radical (unpaired) electrons. The van der Waals surface area contributed by atoms with E-state index in [1.54, 1.807) is 19.1 Å². The largest absolute Gasteiger partial charge is 0.507 e. The van der Waals surface area contributed by atoms with Crippen molar-refractivity contribution in [2.24, 2.45) is 0 Å². The van der Waals surface area contributed by atoms with Gasteiger partial charge in [0.25, 0.3) is 5.91 Å². The van der Waals surface area contributed by atoms with Crippen molar-refractivity contribution in [1.82, 2.24) is 4.90 Å². The Morgan fingerprint density at radius 3 is 2.82 bits per heavy atom. The van der Waals surface area contributed by atoms with Gasteiger partial charge in [-0.2, -0.15) is 5.26 Å². The number of amides is 1. The summed E-state index contributed by atoms with van der Waals surface area (Å²) in [6.07, 6.45) is 5.13. The summed E-state index contributed by atoms with van der Waals surface area (Å²) in [5.41, 5.74) is 0.768. The number of benzene rings is 1. The minimum Gasteiger partial charge on any atom is -0.507 e. The number of phenolic OH excluding ortho intramolecular Hbond substituents is 1. The smallest absolute Gasteiger partial charge is 0.259 e. The third-order valence-corrected chi connectivity index (χ3v) is 2.30. The minimum absolute atomic E-state index is 0.0414. The van der Waals surface area contributed by atoms with E-state index in [1.165, 1.54) is 11.0 Å². The van der Waals surface area contributed by atoms with Crippen LogP contribution in [0.5, 0.6) is 5.75 Å². The lowest BCUT2D eigenvalue weighted by atomic mass is 10.1. The molecule has 0 fully saturated rings. The molecule has 1 aromatic carbocycles. The zero-order valence-corrected chi connectivity index (χ0v) is 9.47. The van der Waals surface area contributed by atoms with Crippen LogP contribution in [0.25, 0.3) is 0 Å². The average molecular weight is 228 g/mol. The van der Waals surface area contributed by atoms with E-state index in [0.717, 1.165) is 0 Å².